The molecule has 13 heavy (non-hydrogen) atoms. The normalized spacial score (nSPS) is 10.6. The van der Waals surface area contributed by atoms with Crippen LogP contribution in [0.1, 0.15) is 0 Å². The van der Waals surface area contributed by atoms with Gasteiger partial charge in [-0.05, 0) is 18.2 Å². The number of pyridine rings is 1. The minimum Gasteiger partial charge on any atom is -0.398 e. The summed E-state index contributed by atoms with van der Waals surface area (Å²) in [5.41, 5.74) is 5.97. The first-order valence-electron chi connectivity index (χ1n) is 3.68. The smallest absolute Gasteiger partial charge is 0.136 e. The van der Waals surface area contributed by atoms with E-state index in [0.29, 0.717) is 11.1 Å². The van der Waals surface area contributed by atoms with Gasteiger partial charge in [-0.25, -0.2) is 9.37 Å². The predicted octanol–water partition coefficient (Wildman–Crippen LogP) is 2.61. The van der Waals surface area contributed by atoms with Gasteiger partial charge in [-0.15, -0.1) is 0 Å². The molecule has 0 saturated heterocycles. The standard InChI is InChI=1S/C9H6ClFN2/c10-9-7-3-5(11)4-8(12)6(7)1-2-13-9/h1-4H,12H2. The molecule has 0 aliphatic heterocycles. The van der Waals surface area contributed by atoms with Gasteiger partial charge < -0.3 is 5.73 Å². The van der Waals surface area contributed by atoms with Gasteiger partial charge in [0.25, 0.3) is 0 Å². The van der Waals surface area contributed by atoms with Crippen molar-refractivity contribution in [2.45, 2.75) is 0 Å². The van der Waals surface area contributed by atoms with Gasteiger partial charge >= 0.3 is 0 Å². The van der Waals surface area contributed by atoms with Crippen molar-refractivity contribution in [3.8, 4) is 0 Å². The van der Waals surface area contributed by atoms with Gasteiger partial charge in [0, 0.05) is 22.7 Å². The van der Waals surface area contributed by atoms with Crippen molar-refractivity contribution in [1.29, 1.82) is 0 Å². The van der Waals surface area contributed by atoms with E-state index >= 15 is 0 Å². The van der Waals surface area contributed by atoms with Crippen molar-refractivity contribution in [3.63, 3.8) is 0 Å². The summed E-state index contributed by atoms with van der Waals surface area (Å²) < 4.78 is 12.9. The van der Waals surface area contributed by atoms with Gasteiger partial charge in [-0.3, -0.25) is 0 Å². The second-order valence-electron chi connectivity index (χ2n) is 2.69. The summed E-state index contributed by atoms with van der Waals surface area (Å²) in [4.78, 5) is 3.83. The second kappa shape index (κ2) is 2.85. The summed E-state index contributed by atoms with van der Waals surface area (Å²) in [7, 11) is 0. The zero-order valence-corrected chi connectivity index (χ0v) is 7.35. The van der Waals surface area contributed by atoms with E-state index in [9.17, 15) is 4.39 Å². The van der Waals surface area contributed by atoms with Gasteiger partial charge in [0.05, 0.1) is 0 Å². The van der Waals surface area contributed by atoms with E-state index in [4.69, 9.17) is 17.3 Å². The van der Waals surface area contributed by atoms with Crippen LogP contribution in [0.2, 0.25) is 5.15 Å². The number of hydrogen-bond donors (Lipinski definition) is 1. The Bertz CT molecular complexity index is 470. The highest BCUT2D eigenvalue weighted by Crippen LogP contribution is 2.26. The molecule has 0 radical (unpaired) electrons. The van der Waals surface area contributed by atoms with Crippen LogP contribution in [0.15, 0.2) is 24.4 Å². The highest BCUT2D eigenvalue weighted by Gasteiger charge is 2.04. The summed E-state index contributed by atoms with van der Waals surface area (Å²) in [6.07, 6.45) is 1.54. The highest BCUT2D eigenvalue weighted by atomic mass is 35.5. The van der Waals surface area contributed by atoms with Crippen LogP contribution in [0, 0.1) is 5.82 Å². The Labute approximate surface area is 79.1 Å². The summed E-state index contributed by atoms with van der Waals surface area (Å²) >= 11 is 5.77. The van der Waals surface area contributed by atoms with Gasteiger partial charge in [0.2, 0.25) is 0 Å². The lowest BCUT2D eigenvalue weighted by Gasteiger charge is -2.02. The minimum atomic E-state index is -0.403. The Morgan fingerprint density at radius 1 is 1.31 bits per heavy atom. The average Bonchev–Trinajstić information content (AvgIpc) is 2.07. The van der Waals surface area contributed by atoms with Crippen LogP contribution in [-0.4, -0.2) is 4.98 Å². The topological polar surface area (TPSA) is 38.9 Å². The highest BCUT2D eigenvalue weighted by molar-refractivity contribution is 6.34. The molecule has 0 fully saturated rings. The van der Waals surface area contributed by atoms with E-state index in [0.717, 1.165) is 5.39 Å². The van der Waals surface area contributed by atoms with Crippen LogP contribution in [-0.2, 0) is 0 Å². The zero-order valence-electron chi connectivity index (χ0n) is 6.59. The molecule has 0 atom stereocenters. The molecule has 1 heterocycles. The van der Waals surface area contributed by atoms with Gasteiger partial charge in [-0.2, -0.15) is 0 Å². The first kappa shape index (κ1) is 8.26. The van der Waals surface area contributed by atoms with E-state index in [1.165, 1.54) is 12.1 Å². The fourth-order valence-corrected chi connectivity index (χ4v) is 1.46. The number of nitrogens with zero attached hydrogens (tertiary/aromatic N) is 1. The molecule has 0 aliphatic carbocycles. The van der Waals surface area contributed by atoms with Crippen molar-refractivity contribution in [3.05, 3.63) is 35.4 Å². The second-order valence-corrected chi connectivity index (χ2v) is 3.05. The van der Waals surface area contributed by atoms with Gasteiger partial charge in [0.15, 0.2) is 0 Å². The third-order valence-corrected chi connectivity index (χ3v) is 2.13. The Kier molecular flexibility index (Phi) is 1.81. The summed E-state index contributed by atoms with van der Waals surface area (Å²) in [6, 6.07) is 4.29. The largest absolute Gasteiger partial charge is 0.398 e. The Balaban J connectivity index is 2.94. The maximum atomic E-state index is 12.9. The molecule has 0 amide bonds. The summed E-state index contributed by atoms with van der Waals surface area (Å²) in [5, 5.41) is 1.53. The third kappa shape index (κ3) is 1.31. The van der Waals surface area contributed by atoms with Crippen LogP contribution in [0.3, 0.4) is 0 Å². The van der Waals surface area contributed by atoms with Crippen molar-refractivity contribution >= 4 is 28.1 Å². The number of benzene rings is 1. The number of nitrogens with two attached hydrogens (primary N) is 1. The molecule has 2 aromatic rings. The van der Waals surface area contributed by atoms with Gasteiger partial charge in [0.1, 0.15) is 11.0 Å². The molecule has 0 bridgehead atoms. The van der Waals surface area contributed by atoms with Crippen LogP contribution in [0.4, 0.5) is 10.1 Å². The molecule has 0 saturated carbocycles. The van der Waals surface area contributed by atoms with E-state index in [2.05, 4.69) is 4.98 Å². The Morgan fingerprint density at radius 3 is 2.85 bits per heavy atom. The molecule has 0 spiro atoms. The number of halogens is 2. The number of anilines is 1. The lowest BCUT2D eigenvalue weighted by atomic mass is 10.1. The van der Waals surface area contributed by atoms with Crippen LogP contribution in [0.5, 0.6) is 0 Å². The van der Waals surface area contributed by atoms with E-state index < -0.39 is 5.82 Å². The quantitative estimate of drug-likeness (QED) is 0.520. The molecule has 4 heteroatoms. The SMILES string of the molecule is Nc1cc(F)cc2c(Cl)nccc12. The number of hydrogen-bond acceptors (Lipinski definition) is 2. The lowest BCUT2D eigenvalue weighted by molar-refractivity contribution is 0.630. The van der Waals surface area contributed by atoms with Crippen molar-refractivity contribution in [1.82, 2.24) is 4.98 Å². The number of rotatable bonds is 0. The fourth-order valence-electron chi connectivity index (χ4n) is 1.24. The molecule has 0 aliphatic rings. The molecule has 2 nitrogen and oxygen atoms in total. The third-order valence-electron chi connectivity index (χ3n) is 1.83. The zero-order chi connectivity index (χ0) is 9.42. The monoisotopic (exact) mass is 196 g/mol. The van der Waals surface area contributed by atoms with Crippen LogP contribution < -0.4 is 5.73 Å². The average molecular weight is 197 g/mol. The number of aromatic nitrogens is 1. The predicted molar refractivity (Wildman–Crippen MR) is 51.1 cm³/mol. The van der Waals surface area contributed by atoms with E-state index in [1.54, 1.807) is 12.3 Å². The molecule has 66 valence electrons. The first-order valence-corrected chi connectivity index (χ1v) is 4.05. The number of fused-ring (bicyclic) bond motifs is 1. The Hall–Kier alpha value is -1.35. The van der Waals surface area contributed by atoms with E-state index in [1.807, 2.05) is 0 Å². The van der Waals surface area contributed by atoms with Gasteiger partial charge in [-0.1, -0.05) is 11.6 Å². The number of nitrogen functional groups attached to an aromatic ring is 1. The van der Waals surface area contributed by atoms with Crippen molar-refractivity contribution in [2.75, 3.05) is 5.73 Å². The lowest BCUT2D eigenvalue weighted by Crippen LogP contribution is -1.90. The molecule has 2 N–H and O–H groups in total. The molecular weight excluding hydrogens is 191 g/mol. The van der Waals surface area contributed by atoms with Crippen LogP contribution >= 0.6 is 11.6 Å². The van der Waals surface area contributed by atoms with E-state index in [-0.39, 0.29) is 5.15 Å². The van der Waals surface area contributed by atoms with Crippen molar-refractivity contribution < 1.29 is 4.39 Å². The fraction of sp³-hybridized carbons (Fsp3) is 0. The molecule has 0 unspecified atom stereocenters. The minimum absolute atomic E-state index is 0.267. The van der Waals surface area contributed by atoms with Crippen molar-refractivity contribution in [2.24, 2.45) is 0 Å². The van der Waals surface area contributed by atoms with Crippen LogP contribution in [0.25, 0.3) is 10.8 Å². The molecule has 1 aromatic carbocycles. The maximum Gasteiger partial charge on any atom is 0.136 e. The molecular formula is C9H6ClFN2. The molecule has 1 aromatic heterocycles. The summed E-state index contributed by atoms with van der Waals surface area (Å²) in [6.45, 7) is 0. The maximum absolute atomic E-state index is 12.9. The summed E-state index contributed by atoms with van der Waals surface area (Å²) in [5.74, 6) is -0.403. The molecule has 2 rings (SSSR count). The first-order chi connectivity index (χ1) is 6.18. The Morgan fingerprint density at radius 2 is 2.08 bits per heavy atom.